The Kier molecular flexibility index (Phi) is 4.27. The van der Waals surface area contributed by atoms with E-state index in [1.165, 1.54) is 0 Å². The van der Waals surface area contributed by atoms with Gasteiger partial charge in [0, 0.05) is 25.8 Å². The molecule has 4 heteroatoms. The summed E-state index contributed by atoms with van der Waals surface area (Å²) >= 11 is 0. The number of rotatable bonds is 4. The largest absolute Gasteiger partial charge is 0.357 e. The van der Waals surface area contributed by atoms with Crippen LogP contribution in [0.25, 0.3) is 0 Å². The van der Waals surface area contributed by atoms with Crippen LogP contribution >= 0.6 is 0 Å². The smallest absolute Gasteiger partial charge is 0.146 e. The summed E-state index contributed by atoms with van der Waals surface area (Å²) in [5.74, 6) is 0.768. The Morgan fingerprint density at radius 3 is 2.50 bits per heavy atom. The quantitative estimate of drug-likeness (QED) is 0.763. The lowest BCUT2D eigenvalue weighted by molar-refractivity contribution is 0.416. The zero-order valence-corrected chi connectivity index (χ0v) is 10.4. The van der Waals surface area contributed by atoms with Gasteiger partial charge in [0.25, 0.3) is 0 Å². The van der Waals surface area contributed by atoms with Crippen molar-refractivity contribution in [3.05, 3.63) is 23.4 Å². The monoisotopic (exact) mass is 218 g/mol. The average Bonchev–Trinajstić information content (AvgIpc) is 2.25. The van der Waals surface area contributed by atoms with Crippen molar-refractivity contribution in [3.8, 4) is 6.07 Å². The molecule has 0 N–H and O–H groups in total. The number of nitrogens with zero attached hydrogens (tertiary/aromatic N) is 4. The molecule has 0 fully saturated rings. The van der Waals surface area contributed by atoms with E-state index in [-0.39, 0.29) is 0 Å². The van der Waals surface area contributed by atoms with E-state index in [4.69, 9.17) is 5.26 Å². The van der Waals surface area contributed by atoms with Crippen LogP contribution in [0.1, 0.15) is 11.3 Å². The highest BCUT2D eigenvalue weighted by atomic mass is 15.2. The first kappa shape index (κ1) is 12.5. The molecule has 86 valence electrons. The average molecular weight is 218 g/mol. The van der Waals surface area contributed by atoms with Crippen molar-refractivity contribution < 1.29 is 0 Å². The topological polar surface area (TPSA) is 43.2 Å². The van der Waals surface area contributed by atoms with Gasteiger partial charge in [-0.25, -0.2) is 4.98 Å². The molecule has 0 saturated heterocycles. The Morgan fingerprint density at radius 1 is 1.25 bits per heavy atom. The first-order valence-corrected chi connectivity index (χ1v) is 5.28. The number of aryl methyl sites for hydroxylation is 1. The number of hydrogen-bond acceptors (Lipinski definition) is 4. The summed E-state index contributed by atoms with van der Waals surface area (Å²) in [5, 5.41) is 9.01. The minimum atomic E-state index is 0.631. The summed E-state index contributed by atoms with van der Waals surface area (Å²) in [6, 6.07) is 5.86. The van der Waals surface area contributed by atoms with E-state index in [2.05, 4.69) is 16.0 Å². The predicted octanol–water partition coefficient (Wildman–Crippen LogP) is 1.26. The van der Waals surface area contributed by atoms with Crippen LogP contribution in [-0.2, 0) is 0 Å². The minimum absolute atomic E-state index is 0.631. The van der Waals surface area contributed by atoms with Gasteiger partial charge in [-0.2, -0.15) is 5.26 Å². The summed E-state index contributed by atoms with van der Waals surface area (Å²) in [5.41, 5.74) is 1.57. The molecule has 0 aliphatic carbocycles. The van der Waals surface area contributed by atoms with Gasteiger partial charge in [-0.15, -0.1) is 0 Å². The van der Waals surface area contributed by atoms with Crippen LogP contribution in [0.15, 0.2) is 12.1 Å². The molecule has 1 aromatic heterocycles. The summed E-state index contributed by atoms with van der Waals surface area (Å²) in [6.45, 7) is 3.74. The maximum atomic E-state index is 9.01. The van der Waals surface area contributed by atoms with Crippen LogP contribution in [0.5, 0.6) is 0 Å². The van der Waals surface area contributed by atoms with Crippen LogP contribution in [0.3, 0.4) is 0 Å². The number of anilines is 1. The van der Waals surface area contributed by atoms with Gasteiger partial charge in [0.15, 0.2) is 0 Å². The van der Waals surface area contributed by atoms with E-state index in [1.54, 1.807) is 0 Å². The first-order valence-electron chi connectivity index (χ1n) is 5.28. The van der Waals surface area contributed by atoms with E-state index >= 15 is 0 Å². The summed E-state index contributed by atoms with van der Waals surface area (Å²) in [7, 11) is 6.03. The fourth-order valence-corrected chi connectivity index (χ4v) is 1.38. The SMILES string of the molecule is Cc1ccc(C#N)c(N(C)CCN(C)C)n1. The normalized spacial score (nSPS) is 10.2. The fraction of sp³-hybridized carbons (Fsp3) is 0.500. The molecular formula is C12H18N4. The molecule has 0 aliphatic heterocycles. The molecule has 0 saturated carbocycles. The Bertz CT molecular complexity index is 392. The molecule has 1 rings (SSSR count). The van der Waals surface area contributed by atoms with Crippen molar-refractivity contribution in [1.29, 1.82) is 5.26 Å². The molecule has 0 atom stereocenters. The van der Waals surface area contributed by atoms with E-state index < -0.39 is 0 Å². The Balaban J connectivity index is 2.85. The lowest BCUT2D eigenvalue weighted by Crippen LogP contribution is -2.29. The van der Waals surface area contributed by atoms with Gasteiger partial charge in [0.2, 0.25) is 0 Å². The Hall–Kier alpha value is -1.60. The molecule has 16 heavy (non-hydrogen) atoms. The van der Waals surface area contributed by atoms with Gasteiger partial charge in [0.1, 0.15) is 11.9 Å². The molecule has 1 heterocycles. The van der Waals surface area contributed by atoms with E-state index in [9.17, 15) is 0 Å². The highest BCUT2D eigenvalue weighted by Crippen LogP contribution is 2.15. The third-order valence-electron chi connectivity index (χ3n) is 2.38. The highest BCUT2D eigenvalue weighted by Gasteiger charge is 2.09. The molecule has 0 aliphatic rings. The van der Waals surface area contributed by atoms with Crippen molar-refractivity contribution in [2.45, 2.75) is 6.92 Å². The Labute approximate surface area is 97.1 Å². The zero-order chi connectivity index (χ0) is 12.1. The zero-order valence-electron chi connectivity index (χ0n) is 10.4. The molecule has 0 spiro atoms. The van der Waals surface area contributed by atoms with Gasteiger partial charge < -0.3 is 9.80 Å². The lowest BCUT2D eigenvalue weighted by Gasteiger charge is -2.21. The molecule has 1 aromatic rings. The van der Waals surface area contributed by atoms with Crippen molar-refractivity contribution in [1.82, 2.24) is 9.88 Å². The van der Waals surface area contributed by atoms with Crippen LogP contribution < -0.4 is 4.90 Å². The van der Waals surface area contributed by atoms with E-state index in [1.807, 2.05) is 45.1 Å². The van der Waals surface area contributed by atoms with Crippen LogP contribution in [-0.4, -0.2) is 44.1 Å². The highest BCUT2D eigenvalue weighted by molar-refractivity contribution is 5.53. The molecule has 0 amide bonds. The second-order valence-electron chi connectivity index (χ2n) is 4.16. The first-order chi connectivity index (χ1) is 7.54. The third kappa shape index (κ3) is 3.21. The molecule has 0 unspecified atom stereocenters. The van der Waals surface area contributed by atoms with E-state index in [0.717, 1.165) is 24.6 Å². The van der Waals surface area contributed by atoms with Crippen LogP contribution in [0, 0.1) is 18.3 Å². The minimum Gasteiger partial charge on any atom is -0.357 e. The van der Waals surface area contributed by atoms with Gasteiger partial charge >= 0.3 is 0 Å². The summed E-state index contributed by atoms with van der Waals surface area (Å²) in [4.78, 5) is 8.54. The maximum Gasteiger partial charge on any atom is 0.146 e. The van der Waals surface area contributed by atoms with Crippen LogP contribution in [0.2, 0.25) is 0 Å². The van der Waals surface area contributed by atoms with Gasteiger partial charge in [-0.3, -0.25) is 0 Å². The van der Waals surface area contributed by atoms with E-state index in [0.29, 0.717) is 5.56 Å². The summed E-state index contributed by atoms with van der Waals surface area (Å²) < 4.78 is 0. The summed E-state index contributed by atoms with van der Waals surface area (Å²) in [6.07, 6.45) is 0. The fourth-order valence-electron chi connectivity index (χ4n) is 1.38. The lowest BCUT2D eigenvalue weighted by atomic mass is 10.2. The second kappa shape index (κ2) is 5.47. The van der Waals surface area contributed by atoms with Gasteiger partial charge in [-0.05, 0) is 33.2 Å². The van der Waals surface area contributed by atoms with Crippen LogP contribution in [0.4, 0.5) is 5.82 Å². The standard InChI is InChI=1S/C12H18N4/c1-10-5-6-11(9-13)12(14-10)16(4)8-7-15(2)3/h5-6H,7-8H2,1-4H3. The molecular weight excluding hydrogens is 200 g/mol. The molecule has 0 radical (unpaired) electrons. The maximum absolute atomic E-state index is 9.01. The van der Waals surface area contributed by atoms with Gasteiger partial charge in [0.05, 0.1) is 5.56 Å². The predicted molar refractivity (Wildman–Crippen MR) is 65.5 cm³/mol. The number of nitriles is 1. The number of pyridine rings is 1. The van der Waals surface area contributed by atoms with Gasteiger partial charge in [-0.1, -0.05) is 0 Å². The van der Waals surface area contributed by atoms with Crippen molar-refractivity contribution in [2.24, 2.45) is 0 Å². The molecule has 0 aromatic carbocycles. The number of likely N-dealkylation sites (N-methyl/N-ethyl adjacent to an activating group) is 2. The third-order valence-corrected chi connectivity index (χ3v) is 2.38. The molecule has 0 bridgehead atoms. The van der Waals surface area contributed by atoms with Crippen molar-refractivity contribution in [3.63, 3.8) is 0 Å². The van der Waals surface area contributed by atoms with Crippen molar-refractivity contribution in [2.75, 3.05) is 39.1 Å². The molecule has 4 nitrogen and oxygen atoms in total. The number of hydrogen-bond donors (Lipinski definition) is 0. The van der Waals surface area contributed by atoms with Crippen molar-refractivity contribution >= 4 is 5.82 Å². The Morgan fingerprint density at radius 2 is 1.94 bits per heavy atom. The second-order valence-corrected chi connectivity index (χ2v) is 4.16. The number of aromatic nitrogens is 1.